The minimum atomic E-state index is -0.553. The molecule has 0 bridgehead atoms. The number of aromatic nitrogens is 4. The minimum Gasteiger partial charge on any atom is -0.388 e. The van der Waals surface area contributed by atoms with Crippen molar-refractivity contribution in [2.75, 3.05) is 32.5 Å². The molecule has 0 saturated heterocycles. The second kappa shape index (κ2) is 7.58. The molecule has 3 rings (SSSR count). The van der Waals surface area contributed by atoms with Crippen LogP contribution in [0.4, 0.5) is 5.82 Å². The van der Waals surface area contributed by atoms with Gasteiger partial charge in [0.15, 0.2) is 5.65 Å². The van der Waals surface area contributed by atoms with E-state index in [-0.39, 0.29) is 5.92 Å². The van der Waals surface area contributed by atoms with E-state index in [9.17, 15) is 5.11 Å². The maximum absolute atomic E-state index is 10.8. The SMILES string of the molecule is CN(C)C[C@@H](CNc1ncnc2c1cnn2C)[C@H](O)c1ccccc1. The Balaban J connectivity index is 1.78. The first-order chi connectivity index (χ1) is 12.1. The van der Waals surface area contributed by atoms with E-state index in [1.807, 2.05) is 51.5 Å². The van der Waals surface area contributed by atoms with E-state index in [2.05, 4.69) is 25.3 Å². The molecule has 1 aromatic carbocycles. The number of aliphatic hydroxyl groups excluding tert-OH is 1. The van der Waals surface area contributed by atoms with E-state index in [1.165, 1.54) is 6.33 Å². The largest absolute Gasteiger partial charge is 0.388 e. The fourth-order valence-corrected chi connectivity index (χ4v) is 3.00. The monoisotopic (exact) mass is 340 g/mol. The number of aliphatic hydroxyl groups is 1. The number of hydrogen-bond acceptors (Lipinski definition) is 6. The van der Waals surface area contributed by atoms with Gasteiger partial charge in [0.2, 0.25) is 0 Å². The number of benzene rings is 1. The van der Waals surface area contributed by atoms with Crippen molar-refractivity contribution in [3.05, 3.63) is 48.4 Å². The highest BCUT2D eigenvalue weighted by atomic mass is 16.3. The Bertz CT molecular complexity index is 817. The first kappa shape index (κ1) is 17.3. The molecule has 2 aromatic heterocycles. The Hall–Kier alpha value is -2.51. The van der Waals surface area contributed by atoms with Gasteiger partial charge in [-0.1, -0.05) is 30.3 Å². The number of nitrogens with zero attached hydrogens (tertiary/aromatic N) is 5. The lowest BCUT2D eigenvalue weighted by molar-refractivity contribution is 0.0969. The predicted octanol–water partition coefficient (Wildman–Crippen LogP) is 1.69. The van der Waals surface area contributed by atoms with Crippen LogP contribution in [0.2, 0.25) is 0 Å². The van der Waals surface area contributed by atoms with Crippen LogP contribution in [0, 0.1) is 5.92 Å². The fraction of sp³-hybridized carbons (Fsp3) is 0.389. The highest BCUT2D eigenvalue weighted by Crippen LogP contribution is 2.24. The van der Waals surface area contributed by atoms with Gasteiger partial charge in [-0.3, -0.25) is 4.68 Å². The summed E-state index contributed by atoms with van der Waals surface area (Å²) >= 11 is 0. The normalized spacial score (nSPS) is 14.0. The number of hydrogen-bond donors (Lipinski definition) is 2. The molecular formula is C18H24N6O. The van der Waals surface area contributed by atoms with Crippen LogP contribution in [0.5, 0.6) is 0 Å². The van der Waals surface area contributed by atoms with Gasteiger partial charge in [0.25, 0.3) is 0 Å². The lowest BCUT2D eigenvalue weighted by Crippen LogP contribution is -2.32. The summed E-state index contributed by atoms with van der Waals surface area (Å²) in [6.45, 7) is 1.35. The summed E-state index contributed by atoms with van der Waals surface area (Å²) in [5.74, 6) is 0.751. The second-order valence-corrected chi connectivity index (χ2v) is 6.49. The molecule has 2 N–H and O–H groups in total. The third-order valence-electron chi connectivity index (χ3n) is 4.25. The molecule has 7 nitrogen and oxygen atoms in total. The van der Waals surface area contributed by atoms with Crippen molar-refractivity contribution in [2.45, 2.75) is 6.10 Å². The molecule has 0 aliphatic carbocycles. The zero-order chi connectivity index (χ0) is 17.8. The maximum Gasteiger partial charge on any atom is 0.163 e. The standard InChI is InChI=1S/C18H24N6O/c1-23(2)11-14(16(25)13-7-5-4-6-8-13)9-19-17-15-10-22-24(3)18(15)21-12-20-17/h4-8,10,12,14,16,25H,9,11H2,1-3H3,(H,19,20,21)/t14-,16-/m1/s1. The van der Waals surface area contributed by atoms with Gasteiger partial charge in [0.1, 0.15) is 12.1 Å². The summed E-state index contributed by atoms with van der Waals surface area (Å²) in [6.07, 6.45) is 2.73. The van der Waals surface area contributed by atoms with Gasteiger partial charge in [-0.25, -0.2) is 9.97 Å². The van der Waals surface area contributed by atoms with E-state index < -0.39 is 6.10 Å². The Morgan fingerprint density at radius 1 is 1.20 bits per heavy atom. The van der Waals surface area contributed by atoms with Gasteiger partial charge in [-0.2, -0.15) is 5.10 Å². The van der Waals surface area contributed by atoms with E-state index in [0.29, 0.717) is 6.54 Å². The van der Waals surface area contributed by atoms with Crippen LogP contribution < -0.4 is 5.32 Å². The van der Waals surface area contributed by atoms with Crippen molar-refractivity contribution in [2.24, 2.45) is 13.0 Å². The summed E-state index contributed by atoms with van der Waals surface area (Å²) in [4.78, 5) is 10.7. The molecule has 0 amide bonds. The number of fused-ring (bicyclic) bond motifs is 1. The Morgan fingerprint density at radius 2 is 1.96 bits per heavy atom. The first-order valence-corrected chi connectivity index (χ1v) is 8.30. The fourth-order valence-electron chi connectivity index (χ4n) is 3.00. The molecule has 0 fully saturated rings. The molecule has 0 spiro atoms. The van der Waals surface area contributed by atoms with Gasteiger partial charge in [-0.15, -0.1) is 0 Å². The minimum absolute atomic E-state index is 0.0130. The smallest absolute Gasteiger partial charge is 0.163 e. The molecule has 2 heterocycles. The summed E-state index contributed by atoms with van der Waals surface area (Å²) in [5, 5.41) is 19.3. The van der Waals surface area contributed by atoms with Crippen LogP contribution in [0.1, 0.15) is 11.7 Å². The zero-order valence-corrected chi connectivity index (χ0v) is 14.8. The van der Waals surface area contributed by atoms with Crippen LogP contribution in [0.25, 0.3) is 11.0 Å². The maximum atomic E-state index is 10.8. The molecule has 7 heteroatoms. The molecule has 0 unspecified atom stereocenters. The highest BCUT2D eigenvalue weighted by molar-refractivity contribution is 5.85. The van der Waals surface area contributed by atoms with Gasteiger partial charge >= 0.3 is 0 Å². The van der Waals surface area contributed by atoms with E-state index in [1.54, 1.807) is 10.9 Å². The number of rotatable bonds is 7. The summed E-state index contributed by atoms with van der Waals surface area (Å²) < 4.78 is 1.72. The highest BCUT2D eigenvalue weighted by Gasteiger charge is 2.22. The van der Waals surface area contributed by atoms with E-state index >= 15 is 0 Å². The van der Waals surface area contributed by atoms with Crippen molar-refractivity contribution in [1.82, 2.24) is 24.6 Å². The van der Waals surface area contributed by atoms with Crippen LogP contribution >= 0.6 is 0 Å². The average molecular weight is 340 g/mol. The van der Waals surface area contributed by atoms with E-state index in [0.717, 1.165) is 29.0 Å². The average Bonchev–Trinajstić information content (AvgIpc) is 3.00. The first-order valence-electron chi connectivity index (χ1n) is 8.30. The van der Waals surface area contributed by atoms with Gasteiger partial charge in [0.05, 0.1) is 17.7 Å². The summed E-state index contributed by atoms with van der Waals surface area (Å²) in [7, 11) is 5.87. The molecule has 132 valence electrons. The lowest BCUT2D eigenvalue weighted by atomic mass is 9.95. The van der Waals surface area contributed by atoms with Crippen LogP contribution in [-0.2, 0) is 7.05 Å². The van der Waals surface area contributed by atoms with Crippen LogP contribution in [0.3, 0.4) is 0 Å². The third-order valence-corrected chi connectivity index (χ3v) is 4.25. The van der Waals surface area contributed by atoms with Gasteiger partial charge < -0.3 is 15.3 Å². The van der Waals surface area contributed by atoms with Crippen molar-refractivity contribution in [1.29, 1.82) is 0 Å². The van der Waals surface area contributed by atoms with Crippen LogP contribution in [-0.4, -0.2) is 56.9 Å². The Kier molecular flexibility index (Phi) is 5.25. The number of anilines is 1. The zero-order valence-electron chi connectivity index (χ0n) is 14.8. The van der Waals surface area contributed by atoms with Crippen LogP contribution in [0.15, 0.2) is 42.9 Å². The molecule has 0 radical (unpaired) electrons. The number of aryl methyl sites for hydroxylation is 1. The molecular weight excluding hydrogens is 316 g/mol. The molecule has 25 heavy (non-hydrogen) atoms. The quantitative estimate of drug-likeness (QED) is 0.681. The van der Waals surface area contributed by atoms with Crippen molar-refractivity contribution in [3.63, 3.8) is 0 Å². The summed E-state index contributed by atoms with van der Waals surface area (Å²) in [6, 6.07) is 9.76. The van der Waals surface area contributed by atoms with Gasteiger partial charge in [0, 0.05) is 26.1 Å². The topological polar surface area (TPSA) is 79.1 Å². The van der Waals surface area contributed by atoms with E-state index in [4.69, 9.17) is 0 Å². The summed E-state index contributed by atoms with van der Waals surface area (Å²) in [5.41, 5.74) is 1.70. The predicted molar refractivity (Wildman–Crippen MR) is 98.2 cm³/mol. The number of nitrogens with one attached hydrogen (secondary N) is 1. The second-order valence-electron chi connectivity index (χ2n) is 6.49. The molecule has 0 aliphatic rings. The molecule has 0 saturated carbocycles. The third kappa shape index (κ3) is 3.94. The molecule has 3 aromatic rings. The Morgan fingerprint density at radius 3 is 2.68 bits per heavy atom. The van der Waals surface area contributed by atoms with Crippen molar-refractivity contribution in [3.8, 4) is 0 Å². The van der Waals surface area contributed by atoms with Gasteiger partial charge in [-0.05, 0) is 19.7 Å². The van der Waals surface area contributed by atoms with Crippen molar-refractivity contribution < 1.29 is 5.11 Å². The van der Waals surface area contributed by atoms with Crippen molar-refractivity contribution >= 4 is 16.9 Å². The Labute approximate surface area is 147 Å². The molecule has 0 aliphatic heterocycles. The lowest BCUT2D eigenvalue weighted by Gasteiger charge is -2.26. The molecule has 2 atom stereocenters.